The Morgan fingerprint density at radius 2 is 2.19 bits per heavy atom. The van der Waals surface area contributed by atoms with Crippen molar-refractivity contribution in [2.75, 3.05) is 11.6 Å². The Bertz CT molecular complexity index is 435. The normalized spacial score (nSPS) is 11.3. The maximum Gasteiger partial charge on any atom is 0.199 e. The Hall–Kier alpha value is -0.490. The van der Waals surface area contributed by atoms with E-state index in [2.05, 4.69) is 10.3 Å². The number of anilines is 1. The van der Waals surface area contributed by atoms with Crippen LogP contribution in [0.2, 0.25) is 10.0 Å². The van der Waals surface area contributed by atoms with Gasteiger partial charge in [0.15, 0.2) is 10.3 Å². The highest BCUT2D eigenvalue weighted by molar-refractivity contribution is 8.13. The van der Waals surface area contributed by atoms with E-state index in [0.29, 0.717) is 20.9 Å². The van der Waals surface area contributed by atoms with E-state index in [9.17, 15) is 0 Å². The molecule has 0 fully saturated rings. The van der Waals surface area contributed by atoms with Gasteiger partial charge in [-0.1, -0.05) is 35.0 Å². The molecule has 7 heteroatoms. The highest BCUT2D eigenvalue weighted by atomic mass is 35.5. The Morgan fingerprint density at radius 1 is 1.50 bits per heavy atom. The average Bonchev–Trinajstić information content (AvgIpc) is 2.23. The summed E-state index contributed by atoms with van der Waals surface area (Å²) >= 11 is 18.1. The monoisotopic (exact) mass is 293 g/mol. The summed E-state index contributed by atoms with van der Waals surface area (Å²) < 4.78 is 0. The number of hydrogen-bond donors (Lipinski definition) is 2. The van der Waals surface area contributed by atoms with Gasteiger partial charge in [-0.25, -0.2) is 0 Å². The van der Waals surface area contributed by atoms with Crippen molar-refractivity contribution >= 4 is 63.1 Å². The standard InChI is InChI=1S/C9H9Cl2N3S2/c1-16-8(12)14-9(15)13-7-4-5(10)2-3-6(7)11/h2-4H,1H3,(H3,12,13,14,15). The highest BCUT2D eigenvalue weighted by Crippen LogP contribution is 2.25. The van der Waals surface area contributed by atoms with E-state index in [1.54, 1.807) is 18.2 Å². The van der Waals surface area contributed by atoms with Gasteiger partial charge in [-0.3, -0.25) is 0 Å². The molecule has 0 atom stereocenters. The molecule has 0 saturated carbocycles. The number of benzene rings is 1. The topological polar surface area (TPSA) is 50.4 Å². The number of thiocarbonyl (C=S) groups is 1. The van der Waals surface area contributed by atoms with Crippen LogP contribution < -0.4 is 11.1 Å². The fourth-order valence-corrected chi connectivity index (χ4v) is 1.67. The highest BCUT2D eigenvalue weighted by Gasteiger charge is 2.03. The van der Waals surface area contributed by atoms with E-state index in [0.717, 1.165) is 0 Å². The van der Waals surface area contributed by atoms with Crippen LogP contribution in [-0.4, -0.2) is 16.5 Å². The second-order valence-electron chi connectivity index (χ2n) is 2.71. The molecule has 1 aromatic rings. The number of amidine groups is 1. The predicted octanol–water partition coefficient (Wildman–Crippen LogP) is 3.37. The van der Waals surface area contributed by atoms with Crippen molar-refractivity contribution in [3.8, 4) is 0 Å². The largest absolute Gasteiger partial charge is 0.378 e. The number of nitrogens with one attached hydrogen (secondary N) is 1. The van der Waals surface area contributed by atoms with E-state index in [-0.39, 0.29) is 5.11 Å². The van der Waals surface area contributed by atoms with Crippen LogP contribution in [0.5, 0.6) is 0 Å². The second kappa shape index (κ2) is 6.30. The van der Waals surface area contributed by atoms with E-state index in [4.69, 9.17) is 41.2 Å². The number of thioether (sulfide) groups is 1. The molecule has 0 unspecified atom stereocenters. The van der Waals surface area contributed by atoms with Crippen LogP contribution in [0.1, 0.15) is 0 Å². The first-order chi connectivity index (χ1) is 7.52. The van der Waals surface area contributed by atoms with Gasteiger partial charge < -0.3 is 11.1 Å². The summed E-state index contributed by atoms with van der Waals surface area (Å²) in [5, 5.41) is 4.57. The third kappa shape index (κ3) is 4.17. The average molecular weight is 294 g/mol. The molecule has 0 aliphatic rings. The molecular weight excluding hydrogens is 285 g/mol. The third-order valence-electron chi connectivity index (χ3n) is 1.59. The number of nitrogens with zero attached hydrogens (tertiary/aromatic N) is 1. The maximum absolute atomic E-state index is 5.95. The molecule has 0 bridgehead atoms. The van der Waals surface area contributed by atoms with Gasteiger partial charge in [0.2, 0.25) is 0 Å². The van der Waals surface area contributed by atoms with Crippen LogP contribution in [0, 0.1) is 0 Å². The van der Waals surface area contributed by atoms with Crippen molar-refractivity contribution in [1.82, 2.24) is 0 Å². The number of halogens is 2. The molecule has 1 aromatic carbocycles. The quantitative estimate of drug-likeness (QED) is 0.474. The molecule has 0 aliphatic heterocycles. The molecule has 0 heterocycles. The summed E-state index contributed by atoms with van der Waals surface area (Å²) in [5.41, 5.74) is 6.13. The van der Waals surface area contributed by atoms with Crippen molar-refractivity contribution in [3.63, 3.8) is 0 Å². The van der Waals surface area contributed by atoms with E-state index < -0.39 is 0 Å². The number of rotatable bonds is 1. The molecule has 0 aromatic heterocycles. The summed E-state index contributed by atoms with van der Waals surface area (Å²) in [6, 6.07) is 5.04. The van der Waals surface area contributed by atoms with Crippen LogP contribution in [0.4, 0.5) is 5.69 Å². The van der Waals surface area contributed by atoms with Gasteiger partial charge in [0.05, 0.1) is 10.7 Å². The van der Waals surface area contributed by atoms with Crippen LogP contribution in [0.25, 0.3) is 0 Å². The van der Waals surface area contributed by atoms with Crippen LogP contribution in [0.3, 0.4) is 0 Å². The zero-order valence-electron chi connectivity index (χ0n) is 8.33. The van der Waals surface area contributed by atoms with E-state index in [1.165, 1.54) is 11.8 Å². The fraction of sp³-hybridized carbons (Fsp3) is 0.111. The molecule has 0 amide bonds. The molecule has 0 aliphatic carbocycles. The van der Waals surface area contributed by atoms with Crippen LogP contribution in [0.15, 0.2) is 23.2 Å². The zero-order chi connectivity index (χ0) is 12.1. The van der Waals surface area contributed by atoms with Gasteiger partial charge in [0, 0.05) is 5.02 Å². The molecule has 0 saturated heterocycles. The number of aliphatic imine (C=N–C) groups is 1. The molecule has 3 N–H and O–H groups in total. The lowest BCUT2D eigenvalue weighted by Gasteiger charge is -2.07. The zero-order valence-corrected chi connectivity index (χ0v) is 11.5. The minimum absolute atomic E-state index is 0.246. The van der Waals surface area contributed by atoms with Crippen molar-refractivity contribution < 1.29 is 0 Å². The first-order valence-corrected chi connectivity index (χ1v) is 6.56. The fourth-order valence-electron chi connectivity index (χ4n) is 0.882. The Morgan fingerprint density at radius 3 is 2.81 bits per heavy atom. The van der Waals surface area contributed by atoms with E-state index in [1.807, 2.05) is 6.26 Å². The minimum atomic E-state index is 0.246. The lowest BCUT2D eigenvalue weighted by Crippen LogP contribution is -2.13. The van der Waals surface area contributed by atoms with Crippen molar-refractivity contribution in [3.05, 3.63) is 28.2 Å². The molecule has 0 radical (unpaired) electrons. The van der Waals surface area contributed by atoms with Crippen LogP contribution >= 0.6 is 47.2 Å². The lowest BCUT2D eigenvalue weighted by atomic mass is 10.3. The molecule has 16 heavy (non-hydrogen) atoms. The van der Waals surface area contributed by atoms with Gasteiger partial charge >= 0.3 is 0 Å². The summed E-state index contributed by atoms with van der Waals surface area (Å²) in [5.74, 6) is 0. The van der Waals surface area contributed by atoms with Gasteiger partial charge in [-0.05, 0) is 36.7 Å². The van der Waals surface area contributed by atoms with E-state index >= 15 is 0 Å². The maximum atomic E-state index is 5.95. The molecule has 0 spiro atoms. The first-order valence-electron chi connectivity index (χ1n) is 4.17. The minimum Gasteiger partial charge on any atom is -0.378 e. The summed E-state index contributed by atoms with van der Waals surface area (Å²) in [6.07, 6.45) is 1.81. The van der Waals surface area contributed by atoms with Gasteiger partial charge in [-0.2, -0.15) is 4.99 Å². The molecular formula is C9H9Cl2N3S2. The van der Waals surface area contributed by atoms with Crippen molar-refractivity contribution in [1.29, 1.82) is 0 Å². The molecule has 1 rings (SSSR count). The van der Waals surface area contributed by atoms with Gasteiger partial charge in [0.25, 0.3) is 0 Å². The number of hydrogen-bond acceptors (Lipinski definition) is 2. The second-order valence-corrected chi connectivity index (χ2v) is 4.77. The Kier molecular flexibility index (Phi) is 5.34. The Labute approximate surface area is 113 Å². The van der Waals surface area contributed by atoms with Crippen molar-refractivity contribution in [2.24, 2.45) is 10.7 Å². The summed E-state index contributed by atoms with van der Waals surface area (Å²) in [7, 11) is 0. The van der Waals surface area contributed by atoms with Gasteiger partial charge in [-0.15, -0.1) is 0 Å². The number of nitrogens with two attached hydrogens (primary N) is 1. The third-order valence-corrected chi connectivity index (χ3v) is 2.86. The summed E-state index contributed by atoms with van der Waals surface area (Å²) in [4.78, 5) is 3.94. The SMILES string of the molecule is CS/C(N)=N/C(=S)Nc1cc(Cl)ccc1Cl. The summed E-state index contributed by atoms with van der Waals surface area (Å²) in [6.45, 7) is 0. The lowest BCUT2D eigenvalue weighted by molar-refractivity contribution is 1.58. The Balaban J connectivity index is 2.81. The van der Waals surface area contributed by atoms with Gasteiger partial charge in [0.1, 0.15) is 0 Å². The smallest absolute Gasteiger partial charge is 0.199 e. The first kappa shape index (κ1) is 13.6. The molecule has 86 valence electrons. The van der Waals surface area contributed by atoms with Crippen LogP contribution in [-0.2, 0) is 0 Å². The predicted molar refractivity (Wildman–Crippen MR) is 77.8 cm³/mol. The molecule has 3 nitrogen and oxygen atoms in total. The van der Waals surface area contributed by atoms with Crippen molar-refractivity contribution in [2.45, 2.75) is 0 Å².